The molecule has 1 aromatic carbocycles. The lowest BCUT2D eigenvalue weighted by molar-refractivity contribution is 0.182. The van der Waals surface area contributed by atoms with E-state index in [-0.39, 0.29) is 17.5 Å². The zero-order valence-corrected chi connectivity index (χ0v) is 11.5. The van der Waals surface area contributed by atoms with Crippen LogP contribution in [0.25, 0.3) is 0 Å². The summed E-state index contributed by atoms with van der Waals surface area (Å²) in [6.07, 6.45) is 0. The van der Waals surface area contributed by atoms with E-state index in [1.807, 2.05) is 0 Å². The molecule has 0 spiro atoms. The van der Waals surface area contributed by atoms with Crippen LogP contribution in [0, 0.1) is 11.8 Å². The van der Waals surface area contributed by atoms with Crippen molar-refractivity contribution in [3.8, 4) is 11.5 Å². The maximum Gasteiger partial charge on any atom is 0.119 e. The second-order valence-electron chi connectivity index (χ2n) is 5.98. The van der Waals surface area contributed by atoms with Crippen molar-refractivity contribution in [2.45, 2.75) is 25.9 Å². The van der Waals surface area contributed by atoms with Crippen LogP contribution in [-0.2, 0) is 0 Å². The molecular formula is C15H22N2O2. The van der Waals surface area contributed by atoms with E-state index in [0.29, 0.717) is 6.04 Å². The van der Waals surface area contributed by atoms with Crippen LogP contribution in [0.15, 0.2) is 18.2 Å². The molecular weight excluding hydrogens is 240 g/mol. The van der Waals surface area contributed by atoms with E-state index in [1.165, 1.54) is 6.07 Å². The van der Waals surface area contributed by atoms with E-state index in [1.54, 1.807) is 12.1 Å². The number of likely N-dealkylation sites (tertiary alicyclic amines) is 1. The van der Waals surface area contributed by atoms with Gasteiger partial charge in [0.1, 0.15) is 11.5 Å². The van der Waals surface area contributed by atoms with Crippen LogP contribution in [0.4, 0.5) is 0 Å². The number of nitrogens with one attached hydrogen (secondary N) is 1. The van der Waals surface area contributed by atoms with Crippen LogP contribution in [0.2, 0.25) is 0 Å². The van der Waals surface area contributed by atoms with Gasteiger partial charge >= 0.3 is 0 Å². The van der Waals surface area contributed by atoms with Crippen molar-refractivity contribution in [3.63, 3.8) is 0 Å². The molecule has 2 fully saturated rings. The third kappa shape index (κ3) is 2.19. The average Bonchev–Trinajstić information content (AvgIpc) is 2.91. The van der Waals surface area contributed by atoms with Crippen molar-refractivity contribution in [1.29, 1.82) is 0 Å². The van der Waals surface area contributed by atoms with Gasteiger partial charge in [-0.3, -0.25) is 4.90 Å². The normalized spacial score (nSPS) is 32.4. The van der Waals surface area contributed by atoms with Gasteiger partial charge in [0.2, 0.25) is 0 Å². The van der Waals surface area contributed by atoms with Crippen LogP contribution >= 0.6 is 0 Å². The smallest absolute Gasteiger partial charge is 0.119 e. The Labute approximate surface area is 114 Å². The van der Waals surface area contributed by atoms with Gasteiger partial charge in [0.15, 0.2) is 0 Å². The number of aromatic hydroxyl groups is 2. The molecule has 0 radical (unpaired) electrons. The number of phenolic OH excluding ortho intramolecular Hbond substituents is 2. The molecule has 104 valence electrons. The van der Waals surface area contributed by atoms with Gasteiger partial charge in [0.25, 0.3) is 0 Å². The Balaban J connectivity index is 1.82. The molecule has 3 rings (SSSR count). The van der Waals surface area contributed by atoms with E-state index in [2.05, 4.69) is 24.1 Å². The molecule has 0 saturated carbocycles. The number of rotatable bonds is 2. The predicted octanol–water partition coefficient (Wildman–Crippen LogP) is 1.70. The highest BCUT2D eigenvalue weighted by molar-refractivity contribution is 5.38. The molecule has 0 aromatic heterocycles. The minimum atomic E-state index is 0.135. The summed E-state index contributed by atoms with van der Waals surface area (Å²) in [6, 6.07) is 5.65. The van der Waals surface area contributed by atoms with Crippen molar-refractivity contribution in [2.75, 3.05) is 19.6 Å². The van der Waals surface area contributed by atoms with Gasteiger partial charge in [0.05, 0.1) is 0 Å². The molecule has 0 aliphatic carbocycles. The van der Waals surface area contributed by atoms with Crippen molar-refractivity contribution in [1.82, 2.24) is 10.2 Å². The zero-order chi connectivity index (χ0) is 13.6. The van der Waals surface area contributed by atoms with E-state index in [9.17, 15) is 10.2 Å². The van der Waals surface area contributed by atoms with Crippen LogP contribution < -0.4 is 5.32 Å². The molecule has 2 heterocycles. The van der Waals surface area contributed by atoms with E-state index in [4.69, 9.17) is 0 Å². The van der Waals surface area contributed by atoms with Crippen molar-refractivity contribution < 1.29 is 10.2 Å². The monoisotopic (exact) mass is 262 g/mol. The highest BCUT2D eigenvalue weighted by Crippen LogP contribution is 2.38. The number of benzene rings is 1. The number of phenols is 2. The second-order valence-corrected chi connectivity index (χ2v) is 5.98. The Morgan fingerprint density at radius 3 is 2.53 bits per heavy atom. The van der Waals surface area contributed by atoms with E-state index >= 15 is 0 Å². The van der Waals surface area contributed by atoms with Crippen LogP contribution in [0.3, 0.4) is 0 Å². The highest BCUT2D eigenvalue weighted by Gasteiger charge is 2.43. The fraction of sp³-hybridized carbons (Fsp3) is 0.600. The summed E-state index contributed by atoms with van der Waals surface area (Å²) in [5.41, 5.74) is 0.984. The molecule has 0 amide bonds. The minimum Gasteiger partial charge on any atom is -0.508 e. The maximum absolute atomic E-state index is 9.62. The van der Waals surface area contributed by atoms with Crippen molar-refractivity contribution in [3.05, 3.63) is 23.8 Å². The third-order valence-corrected chi connectivity index (χ3v) is 4.88. The zero-order valence-electron chi connectivity index (χ0n) is 11.5. The number of fused-ring (bicyclic) bond motifs is 1. The maximum atomic E-state index is 9.62. The number of hydrogen-bond acceptors (Lipinski definition) is 4. The molecule has 2 aliphatic rings. The highest BCUT2D eigenvalue weighted by atomic mass is 16.3. The second kappa shape index (κ2) is 4.69. The number of nitrogens with zero attached hydrogens (tertiary/aromatic N) is 1. The molecule has 2 saturated heterocycles. The molecule has 4 nitrogen and oxygen atoms in total. The standard InChI is InChI=1S/C15H22N2O2/c1-9(11-3-13(18)5-14(19)4-11)17-8-12-6-16-7-15(12)10(17)2/h3-5,9-10,12,15-16,18-19H,6-8H2,1-2H3. The lowest BCUT2D eigenvalue weighted by atomic mass is 9.95. The van der Waals surface area contributed by atoms with Gasteiger partial charge in [-0.1, -0.05) is 0 Å². The summed E-state index contributed by atoms with van der Waals surface area (Å²) in [7, 11) is 0. The quantitative estimate of drug-likeness (QED) is 0.759. The van der Waals surface area contributed by atoms with Crippen LogP contribution in [0.5, 0.6) is 11.5 Å². The predicted molar refractivity (Wildman–Crippen MR) is 74.2 cm³/mol. The van der Waals surface area contributed by atoms with Crippen LogP contribution in [0.1, 0.15) is 25.5 Å². The first kappa shape index (κ1) is 12.8. The van der Waals surface area contributed by atoms with Gasteiger partial charge in [-0.2, -0.15) is 0 Å². The Morgan fingerprint density at radius 1 is 1.21 bits per heavy atom. The van der Waals surface area contributed by atoms with E-state index in [0.717, 1.165) is 37.0 Å². The Morgan fingerprint density at radius 2 is 1.89 bits per heavy atom. The summed E-state index contributed by atoms with van der Waals surface area (Å²) in [5, 5.41) is 22.7. The molecule has 0 bridgehead atoms. The van der Waals surface area contributed by atoms with Crippen LogP contribution in [-0.4, -0.2) is 40.8 Å². The fourth-order valence-electron chi connectivity index (χ4n) is 3.76. The summed E-state index contributed by atoms with van der Waals surface area (Å²) in [4.78, 5) is 2.49. The first-order chi connectivity index (χ1) is 9.06. The summed E-state index contributed by atoms with van der Waals surface area (Å²) in [5.74, 6) is 1.74. The van der Waals surface area contributed by atoms with Gasteiger partial charge in [-0.05, 0) is 56.5 Å². The van der Waals surface area contributed by atoms with Crippen molar-refractivity contribution in [2.24, 2.45) is 11.8 Å². The van der Waals surface area contributed by atoms with Gasteiger partial charge in [-0.25, -0.2) is 0 Å². The first-order valence-corrected chi connectivity index (χ1v) is 7.05. The van der Waals surface area contributed by atoms with Gasteiger partial charge in [0, 0.05) is 24.7 Å². The first-order valence-electron chi connectivity index (χ1n) is 7.05. The minimum absolute atomic E-state index is 0.135. The lowest BCUT2D eigenvalue weighted by Gasteiger charge is -2.31. The average molecular weight is 262 g/mol. The van der Waals surface area contributed by atoms with Crippen molar-refractivity contribution >= 4 is 0 Å². The van der Waals surface area contributed by atoms with Gasteiger partial charge in [-0.15, -0.1) is 0 Å². The molecule has 4 atom stereocenters. The Bertz CT molecular complexity index is 457. The topological polar surface area (TPSA) is 55.7 Å². The lowest BCUT2D eigenvalue weighted by Crippen LogP contribution is -2.35. The number of hydrogen-bond donors (Lipinski definition) is 3. The third-order valence-electron chi connectivity index (χ3n) is 4.88. The molecule has 2 aliphatic heterocycles. The molecule has 4 heteroatoms. The largest absolute Gasteiger partial charge is 0.508 e. The molecule has 4 unspecified atom stereocenters. The van der Waals surface area contributed by atoms with Gasteiger partial charge < -0.3 is 15.5 Å². The Hall–Kier alpha value is -1.26. The Kier molecular flexibility index (Phi) is 3.15. The molecule has 19 heavy (non-hydrogen) atoms. The molecule has 3 N–H and O–H groups in total. The SMILES string of the molecule is CC(c1cc(O)cc(O)c1)N1CC2CNCC2C1C. The fourth-order valence-corrected chi connectivity index (χ4v) is 3.76. The molecule has 1 aromatic rings. The van der Waals surface area contributed by atoms with E-state index < -0.39 is 0 Å². The summed E-state index contributed by atoms with van der Waals surface area (Å²) >= 11 is 0. The summed E-state index contributed by atoms with van der Waals surface area (Å²) < 4.78 is 0. The summed E-state index contributed by atoms with van der Waals surface area (Å²) in [6.45, 7) is 7.76.